The Hall–Kier alpha value is -1.56. The van der Waals surface area contributed by atoms with E-state index in [1.54, 1.807) is 7.11 Å². The van der Waals surface area contributed by atoms with Gasteiger partial charge in [-0.25, -0.2) is 0 Å². The number of ether oxygens (including phenoxy) is 4. The fourth-order valence-electron chi connectivity index (χ4n) is 2.37. The van der Waals surface area contributed by atoms with Gasteiger partial charge in [0.25, 0.3) is 0 Å². The van der Waals surface area contributed by atoms with Crippen molar-refractivity contribution in [2.24, 2.45) is 0 Å². The van der Waals surface area contributed by atoms with Crippen LogP contribution in [-0.2, 0) is 14.8 Å². The molecular formula is C18H19BrO4. The highest BCUT2D eigenvalue weighted by atomic mass is 79.9. The van der Waals surface area contributed by atoms with Crippen LogP contribution in [0.5, 0.6) is 17.2 Å². The van der Waals surface area contributed by atoms with E-state index in [1.807, 2.05) is 42.5 Å². The highest BCUT2D eigenvalue weighted by molar-refractivity contribution is 9.08. The second kappa shape index (κ2) is 7.81. The Morgan fingerprint density at radius 3 is 2.43 bits per heavy atom. The molecule has 0 radical (unpaired) electrons. The Bertz CT molecular complexity index is 636. The minimum Gasteiger partial charge on any atom is -0.493 e. The summed E-state index contributed by atoms with van der Waals surface area (Å²) in [6, 6.07) is 13.6. The zero-order valence-electron chi connectivity index (χ0n) is 13.0. The number of benzene rings is 2. The van der Waals surface area contributed by atoms with E-state index in [0.29, 0.717) is 24.7 Å². The van der Waals surface area contributed by atoms with E-state index in [0.717, 1.165) is 23.1 Å². The number of alkyl halides is 1. The van der Waals surface area contributed by atoms with E-state index < -0.39 is 0 Å². The molecule has 122 valence electrons. The molecule has 4 nitrogen and oxygen atoms in total. The van der Waals surface area contributed by atoms with Crippen LogP contribution in [0.1, 0.15) is 23.8 Å². The zero-order chi connectivity index (χ0) is 16.1. The zero-order valence-corrected chi connectivity index (χ0v) is 14.5. The van der Waals surface area contributed by atoms with Crippen molar-refractivity contribution in [2.45, 2.75) is 18.0 Å². The van der Waals surface area contributed by atoms with Crippen molar-refractivity contribution in [2.75, 3.05) is 20.3 Å². The summed E-state index contributed by atoms with van der Waals surface area (Å²) in [7, 11) is 1.63. The van der Waals surface area contributed by atoms with Gasteiger partial charge in [0.15, 0.2) is 17.8 Å². The molecule has 1 saturated heterocycles. The first-order valence-corrected chi connectivity index (χ1v) is 8.66. The summed E-state index contributed by atoms with van der Waals surface area (Å²) >= 11 is 3.44. The van der Waals surface area contributed by atoms with Crippen molar-refractivity contribution in [3.05, 3.63) is 53.6 Å². The lowest BCUT2D eigenvalue weighted by molar-refractivity contribution is -0.183. The molecule has 1 heterocycles. The van der Waals surface area contributed by atoms with Crippen LogP contribution in [0.25, 0.3) is 0 Å². The summed E-state index contributed by atoms with van der Waals surface area (Å²) in [5.41, 5.74) is 2.12. The highest BCUT2D eigenvalue weighted by Crippen LogP contribution is 2.35. The van der Waals surface area contributed by atoms with Gasteiger partial charge < -0.3 is 18.9 Å². The quantitative estimate of drug-likeness (QED) is 0.699. The van der Waals surface area contributed by atoms with E-state index in [-0.39, 0.29) is 6.29 Å². The molecule has 0 atom stereocenters. The molecule has 0 N–H and O–H groups in total. The Kier molecular flexibility index (Phi) is 5.54. The van der Waals surface area contributed by atoms with Crippen LogP contribution in [0.3, 0.4) is 0 Å². The molecule has 2 aromatic rings. The third-order valence-electron chi connectivity index (χ3n) is 3.59. The first-order chi connectivity index (χ1) is 11.3. The molecule has 0 bridgehead atoms. The van der Waals surface area contributed by atoms with Crippen LogP contribution in [0, 0.1) is 0 Å². The van der Waals surface area contributed by atoms with E-state index in [2.05, 4.69) is 15.9 Å². The summed E-state index contributed by atoms with van der Waals surface area (Å²) in [4.78, 5) is 0. The fourth-order valence-corrected chi connectivity index (χ4v) is 2.75. The van der Waals surface area contributed by atoms with E-state index in [4.69, 9.17) is 18.9 Å². The Labute approximate surface area is 144 Å². The molecule has 2 aromatic carbocycles. The summed E-state index contributed by atoms with van der Waals surface area (Å²) < 4.78 is 22.7. The molecule has 0 spiro atoms. The monoisotopic (exact) mass is 378 g/mol. The lowest BCUT2D eigenvalue weighted by Gasteiger charge is -2.24. The van der Waals surface area contributed by atoms with Crippen LogP contribution in [0.2, 0.25) is 0 Å². The lowest BCUT2D eigenvalue weighted by Crippen LogP contribution is -2.17. The van der Waals surface area contributed by atoms with Gasteiger partial charge in [-0.1, -0.05) is 34.1 Å². The molecular weight excluding hydrogens is 360 g/mol. The molecule has 23 heavy (non-hydrogen) atoms. The molecule has 3 rings (SSSR count). The van der Waals surface area contributed by atoms with E-state index >= 15 is 0 Å². The molecule has 1 aliphatic rings. The van der Waals surface area contributed by atoms with Crippen LogP contribution in [0.4, 0.5) is 0 Å². The summed E-state index contributed by atoms with van der Waals surface area (Å²) in [6.45, 7) is 1.42. The number of rotatable bonds is 5. The molecule has 0 saturated carbocycles. The topological polar surface area (TPSA) is 36.9 Å². The number of hydrogen-bond acceptors (Lipinski definition) is 4. The lowest BCUT2D eigenvalue weighted by atomic mass is 10.2. The van der Waals surface area contributed by atoms with Gasteiger partial charge in [-0.3, -0.25) is 0 Å². The largest absolute Gasteiger partial charge is 0.493 e. The van der Waals surface area contributed by atoms with Crippen LogP contribution in [-0.4, -0.2) is 20.3 Å². The molecule has 1 aliphatic heterocycles. The highest BCUT2D eigenvalue weighted by Gasteiger charge is 2.19. The first-order valence-electron chi connectivity index (χ1n) is 7.54. The van der Waals surface area contributed by atoms with Crippen LogP contribution < -0.4 is 9.47 Å². The van der Waals surface area contributed by atoms with E-state index in [9.17, 15) is 0 Å². The molecule has 5 heteroatoms. The third kappa shape index (κ3) is 4.05. The summed E-state index contributed by atoms with van der Waals surface area (Å²) in [5, 5.41) is 0.822. The predicted molar refractivity (Wildman–Crippen MR) is 91.4 cm³/mol. The van der Waals surface area contributed by atoms with Crippen molar-refractivity contribution in [3.8, 4) is 17.2 Å². The van der Waals surface area contributed by atoms with Gasteiger partial charge >= 0.3 is 0 Å². The first kappa shape index (κ1) is 16.3. The minimum atomic E-state index is -0.340. The maximum absolute atomic E-state index is 5.98. The van der Waals surface area contributed by atoms with Crippen molar-refractivity contribution in [1.82, 2.24) is 0 Å². The number of methoxy groups -OCH3 is 1. The standard InChI is InChI=1S/C18H19BrO4/c1-20-16-8-5-14(18-21-9-2-10-22-18)11-17(16)23-15-6-3-13(12-19)4-7-15/h3-8,11,18H,2,9-10,12H2,1H3. The Balaban J connectivity index is 1.83. The average molecular weight is 379 g/mol. The molecule has 0 aliphatic carbocycles. The molecule has 1 fully saturated rings. The second-order valence-corrected chi connectivity index (χ2v) is 5.78. The van der Waals surface area contributed by atoms with Gasteiger partial charge in [0.05, 0.1) is 20.3 Å². The van der Waals surface area contributed by atoms with Crippen molar-refractivity contribution in [1.29, 1.82) is 0 Å². The Morgan fingerprint density at radius 2 is 1.78 bits per heavy atom. The van der Waals surface area contributed by atoms with Gasteiger partial charge in [0.2, 0.25) is 0 Å². The molecule has 0 unspecified atom stereocenters. The SMILES string of the molecule is COc1ccc(C2OCCCO2)cc1Oc1ccc(CBr)cc1. The van der Waals surface area contributed by atoms with Crippen LogP contribution in [0.15, 0.2) is 42.5 Å². The van der Waals surface area contributed by atoms with Gasteiger partial charge in [-0.05, 0) is 36.2 Å². The molecule has 0 aromatic heterocycles. The minimum absolute atomic E-state index is 0.340. The second-order valence-electron chi connectivity index (χ2n) is 5.22. The van der Waals surface area contributed by atoms with E-state index in [1.165, 1.54) is 5.56 Å². The van der Waals surface area contributed by atoms with Crippen molar-refractivity contribution in [3.63, 3.8) is 0 Å². The maximum atomic E-state index is 5.98. The van der Waals surface area contributed by atoms with Crippen molar-refractivity contribution < 1.29 is 18.9 Å². The summed E-state index contributed by atoms with van der Waals surface area (Å²) in [5.74, 6) is 2.08. The smallest absolute Gasteiger partial charge is 0.183 e. The van der Waals surface area contributed by atoms with Gasteiger partial charge in [-0.2, -0.15) is 0 Å². The van der Waals surface area contributed by atoms with Gasteiger partial charge in [-0.15, -0.1) is 0 Å². The van der Waals surface area contributed by atoms with Gasteiger partial charge in [0.1, 0.15) is 5.75 Å². The molecule has 0 amide bonds. The number of hydrogen-bond donors (Lipinski definition) is 0. The number of halogens is 1. The average Bonchev–Trinajstić information content (AvgIpc) is 2.63. The summed E-state index contributed by atoms with van der Waals surface area (Å²) in [6.07, 6.45) is 0.587. The Morgan fingerprint density at radius 1 is 1.04 bits per heavy atom. The normalized spacial score (nSPS) is 15.4. The fraction of sp³-hybridized carbons (Fsp3) is 0.333. The van der Waals surface area contributed by atoms with Gasteiger partial charge in [0, 0.05) is 10.9 Å². The third-order valence-corrected chi connectivity index (χ3v) is 4.24. The maximum Gasteiger partial charge on any atom is 0.183 e. The predicted octanol–water partition coefficient (Wildman–Crippen LogP) is 4.82. The van der Waals surface area contributed by atoms with Crippen molar-refractivity contribution >= 4 is 15.9 Å². The van der Waals surface area contributed by atoms with Crippen LogP contribution >= 0.6 is 15.9 Å².